The van der Waals surface area contributed by atoms with Crippen molar-refractivity contribution in [2.45, 2.75) is 44.3 Å². The zero-order valence-electron chi connectivity index (χ0n) is 19.0. The van der Waals surface area contributed by atoms with E-state index in [4.69, 9.17) is 5.73 Å². The Labute approximate surface area is 201 Å². The van der Waals surface area contributed by atoms with Crippen LogP contribution in [0.2, 0.25) is 0 Å². The summed E-state index contributed by atoms with van der Waals surface area (Å²) in [6.45, 7) is 0.222. The molecule has 0 spiro atoms. The lowest BCUT2D eigenvalue weighted by Crippen LogP contribution is -2.28. The summed E-state index contributed by atoms with van der Waals surface area (Å²) < 4.78 is 14.8. The molecule has 2 aliphatic carbocycles. The summed E-state index contributed by atoms with van der Waals surface area (Å²) >= 11 is 0. The number of halogens is 1. The summed E-state index contributed by atoms with van der Waals surface area (Å²) in [5.41, 5.74) is 7.91. The normalized spacial score (nSPS) is 14.8. The van der Waals surface area contributed by atoms with Gasteiger partial charge in [-0.15, -0.1) is 0 Å². The molecule has 180 valence electrons. The van der Waals surface area contributed by atoms with Crippen molar-refractivity contribution in [3.8, 4) is 11.3 Å². The Balaban J connectivity index is 1.27. The predicted molar refractivity (Wildman–Crippen MR) is 131 cm³/mol. The number of nitrogens with two attached hydrogens (primary N) is 1. The van der Waals surface area contributed by atoms with Crippen LogP contribution in [0.3, 0.4) is 0 Å². The average Bonchev–Trinajstić information content (AvgIpc) is 3.77. The summed E-state index contributed by atoms with van der Waals surface area (Å²) in [7, 11) is 0. The van der Waals surface area contributed by atoms with E-state index in [1.165, 1.54) is 12.1 Å². The van der Waals surface area contributed by atoms with E-state index >= 15 is 0 Å². The van der Waals surface area contributed by atoms with Crippen molar-refractivity contribution in [1.82, 2.24) is 20.6 Å². The number of nitrogen functional groups attached to an aromatic ring is 1. The highest BCUT2D eigenvalue weighted by atomic mass is 19.1. The number of amides is 3. The van der Waals surface area contributed by atoms with E-state index in [0.29, 0.717) is 34.5 Å². The standard InChI is InChI=1S/C25H26FN7O2/c26-19-11-15(2-8-21(19)33-25(35)29-13-14-1-10-22(27)28-12-14)20-9-7-18(24(34)31-17-5-6-17)23(32-20)30-16-3-4-16/h1-2,7-12,16-17H,3-6,13H2,(H2,27,28)(H,30,32)(H,31,34)(H2,29,33,35). The summed E-state index contributed by atoms with van der Waals surface area (Å²) in [5.74, 6) is 0.144. The van der Waals surface area contributed by atoms with Gasteiger partial charge in [-0.05, 0) is 61.6 Å². The second kappa shape index (κ2) is 9.57. The lowest BCUT2D eigenvalue weighted by Gasteiger charge is -2.13. The Bertz CT molecular complexity index is 1260. The molecule has 1 aromatic carbocycles. The fraction of sp³-hybridized carbons (Fsp3) is 0.280. The summed E-state index contributed by atoms with van der Waals surface area (Å²) in [5, 5.41) is 11.5. The smallest absolute Gasteiger partial charge is 0.319 e. The molecule has 3 aromatic rings. The van der Waals surface area contributed by atoms with Crippen LogP contribution in [0.25, 0.3) is 11.3 Å². The Morgan fingerprint density at radius 3 is 2.51 bits per heavy atom. The number of carbonyl (C=O) groups is 2. The molecule has 0 radical (unpaired) electrons. The van der Waals surface area contributed by atoms with Gasteiger partial charge in [0.2, 0.25) is 0 Å². The molecule has 2 aliphatic rings. The number of aromatic nitrogens is 2. The number of urea groups is 1. The van der Waals surface area contributed by atoms with E-state index in [2.05, 4.69) is 31.2 Å². The number of nitrogens with zero attached hydrogens (tertiary/aromatic N) is 2. The first-order chi connectivity index (χ1) is 16.9. The van der Waals surface area contributed by atoms with E-state index in [9.17, 15) is 14.0 Å². The van der Waals surface area contributed by atoms with Gasteiger partial charge in [-0.1, -0.05) is 12.1 Å². The molecule has 35 heavy (non-hydrogen) atoms. The Morgan fingerprint density at radius 1 is 1.03 bits per heavy atom. The van der Waals surface area contributed by atoms with Crippen LogP contribution in [-0.4, -0.2) is 34.0 Å². The largest absolute Gasteiger partial charge is 0.384 e. The summed E-state index contributed by atoms with van der Waals surface area (Å²) in [6.07, 6.45) is 5.62. The monoisotopic (exact) mass is 475 g/mol. The molecule has 0 unspecified atom stereocenters. The first kappa shape index (κ1) is 22.6. The van der Waals surface area contributed by atoms with Crippen molar-refractivity contribution in [1.29, 1.82) is 0 Å². The number of rotatable bonds is 8. The number of carbonyl (C=O) groups excluding carboxylic acids is 2. The molecule has 0 saturated heterocycles. The Hall–Kier alpha value is -4.21. The van der Waals surface area contributed by atoms with Crippen molar-refractivity contribution >= 4 is 29.3 Å². The van der Waals surface area contributed by atoms with E-state index < -0.39 is 11.8 Å². The molecule has 0 aliphatic heterocycles. The quantitative estimate of drug-likeness (QED) is 0.338. The van der Waals surface area contributed by atoms with Crippen molar-refractivity contribution in [2.24, 2.45) is 0 Å². The fourth-order valence-corrected chi connectivity index (χ4v) is 3.49. The molecule has 5 rings (SSSR count). The molecule has 9 nitrogen and oxygen atoms in total. The number of hydrogen-bond acceptors (Lipinski definition) is 6. The van der Waals surface area contributed by atoms with Gasteiger partial charge in [0.05, 0.1) is 16.9 Å². The summed E-state index contributed by atoms with van der Waals surface area (Å²) in [6, 6.07) is 11.3. The summed E-state index contributed by atoms with van der Waals surface area (Å²) in [4.78, 5) is 33.4. The van der Waals surface area contributed by atoms with Gasteiger partial charge in [-0.2, -0.15) is 0 Å². The maximum atomic E-state index is 14.8. The van der Waals surface area contributed by atoms with Gasteiger partial charge < -0.3 is 27.0 Å². The molecular weight excluding hydrogens is 449 g/mol. The first-order valence-electron chi connectivity index (χ1n) is 11.6. The molecular formula is C25H26FN7O2. The van der Waals surface area contributed by atoms with Crippen LogP contribution in [-0.2, 0) is 6.54 Å². The Kier molecular flexibility index (Phi) is 6.17. The van der Waals surface area contributed by atoms with Crippen LogP contribution in [0.15, 0.2) is 48.7 Å². The molecule has 0 atom stereocenters. The van der Waals surface area contributed by atoms with Crippen molar-refractivity contribution in [3.63, 3.8) is 0 Å². The second-order valence-electron chi connectivity index (χ2n) is 8.85. The van der Waals surface area contributed by atoms with Gasteiger partial charge in [-0.3, -0.25) is 4.79 Å². The SMILES string of the molecule is Nc1ccc(CNC(=O)Nc2ccc(-c3ccc(C(=O)NC4CC4)c(NC4CC4)n3)cc2F)cn1. The van der Waals surface area contributed by atoms with E-state index in [1.54, 1.807) is 36.5 Å². The number of hydrogen-bond donors (Lipinski definition) is 5. The highest BCUT2D eigenvalue weighted by Crippen LogP contribution is 2.30. The van der Waals surface area contributed by atoms with Gasteiger partial charge in [-0.25, -0.2) is 19.2 Å². The second-order valence-corrected chi connectivity index (χ2v) is 8.85. The average molecular weight is 476 g/mol. The van der Waals surface area contributed by atoms with E-state index in [-0.39, 0.29) is 24.2 Å². The third-order valence-corrected chi connectivity index (χ3v) is 5.78. The van der Waals surface area contributed by atoms with Gasteiger partial charge >= 0.3 is 6.03 Å². The number of benzene rings is 1. The highest BCUT2D eigenvalue weighted by Gasteiger charge is 2.28. The molecule has 10 heteroatoms. The van der Waals surface area contributed by atoms with Crippen LogP contribution in [0.4, 0.5) is 26.5 Å². The van der Waals surface area contributed by atoms with Gasteiger partial charge in [0.15, 0.2) is 0 Å². The molecule has 6 N–H and O–H groups in total. The van der Waals surface area contributed by atoms with Gasteiger partial charge in [0.25, 0.3) is 5.91 Å². The van der Waals surface area contributed by atoms with Crippen molar-refractivity contribution < 1.29 is 14.0 Å². The zero-order valence-corrected chi connectivity index (χ0v) is 19.0. The number of anilines is 3. The minimum Gasteiger partial charge on any atom is -0.384 e. The minimum absolute atomic E-state index is 0.0402. The third-order valence-electron chi connectivity index (χ3n) is 5.78. The number of pyridine rings is 2. The Morgan fingerprint density at radius 2 is 1.83 bits per heavy atom. The van der Waals surface area contributed by atoms with Gasteiger partial charge in [0, 0.05) is 30.4 Å². The lowest BCUT2D eigenvalue weighted by atomic mass is 10.1. The van der Waals surface area contributed by atoms with Crippen molar-refractivity contribution in [2.75, 3.05) is 16.4 Å². The van der Waals surface area contributed by atoms with Crippen LogP contribution in [0.5, 0.6) is 0 Å². The topological polar surface area (TPSA) is 134 Å². The molecule has 2 fully saturated rings. The van der Waals surface area contributed by atoms with E-state index in [1.807, 2.05) is 0 Å². The van der Waals surface area contributed by atoms with Crippen LogP contribution < -0.4 is 27.0 Å². The maximum Gasteiger partial charge on any atom is 0.319 e. The minimum atomic E-state index is -0.596. The number of nitrogens with one attached hydrogen (secondary N) is 4. The predicted octanol–water partition coefficient (Wildman–Crippen LogP) is 3.65. The van der Waals surface area contributed by atoms with Crippen LogP contribution in [0.1, 0.15) is 41.6 Å². The maximum absolute atomic E-state index is 14.8. The molecule has 2 heterocycles. The van der Waals surface area contributed by atoms with Crippen LogP contribution in [0, 0.1) is 5.82 Å². The molecule has 2 saturated carbocycles. The van der Waals surface area contributed by atoms with Crippen molar-refractivity contribution in [3.05, 3.63) is 65.6 Å². The van der Waals surface area contributed by atoms with E-state index in [0.717, 1.165) is 31.2 Å². The fourth-order valence-electron chi connectivity index (χ4n) is 3.49. The van der Waals surface area contributed by atoms with Gasteiger partial charge in [0.1, 0.15) is 17.5 Å². The molecule has 2 aromatic heterocycles. The van der Waals surface area contributed by atoms with Crippen LogP contribution >= 0.6 is 0 Å². The zero-order chi connectivity index (χ0) is 24.4. The lowest BCUT2D eigenvalue weighted by molar-refractivity contribution is 0.0951. The molecule has 0 bridgehead atoms. The highest BCUT2D eigenvalue weighted by molar-refractivity contribution is 5.99. The third kappa shape index (κ3) is 5.84. The molecule has 3 amide bonds. The first-order valence-corrected chi connectivity index (χ1v) is 11.6.